The number of amidine groups is 1. The van der Waals surface area contributed by atoms with Crippen LogP contribution in [0.25, 0.3) is 22.2 Å². The van der Waals surface area contributed by atoms with Crippen molar-refractivity contribution < 1.29 is 28.6 Å². The number of nitrogens with two attached hydrogens (primary N) is 1. The number of benzene rings is 3. The Bertz CT molecular complexity index is 1720. The van der Waals surface area contributed by atoms with Gasteiger partial charge in [0.25, 0.3) is 6.01 Å². The Labute approximate surface area is 228 Å². The largest absolute Gasteiger partial charge is 0.519 e. The van der Waals surface area contributed by atoms with E-state index < -0.39 is 12.1 Å². The third kappa shape index (κ3) is 5.33. The summed E-state index contributed by atoms with van der Waals surface area (Å²) < 4.78 is 23.2. The molecule has 206 valence electrons. The number of aromatic nitrogens is 2. The zero-order valence-corrected chi connectivity index (χ0v) is 21.9. The van der Waals surface area contributed by atoms with Crippen LogP contribution in [-0.4, -0.2) is 32.3 Å². The van der Waals surface area contributed by atoms with Crippen LogP contribution in [0, 0.1) is 6.92 Å². The van der Waals surface area contributed by atoms with E-state index in [0.717, 1.165) is 16.7 Å². The zero-order valence-electron chi connectivity index (χ0n) is 21.9. The minimum atomic E-state index is -1.34. The maximum atomic E-state index is 11.3. The van der Waals surface area contributed by atoms with Gasteiger partial charge in [-0.05, 0) is 36.6 Å². The average molecular weight is 545 g/mol. The molecule has 2 heterocycles. The van der Waals surface area contributed by atoms with Crippen molar-refractivity contribution in [1.29, 1.82) is 0 Å². The fraction of sp³-hybridized carbons (Fsp3) is 0.207. The first-order valence-corrected chi connectivity index (χ1v) is 12.6. The van der Waals surface area contributed by atoms with E-state index in [0.29, 0.717) is 41.3 Å². The third-order valence-corrected chi connectivity index (χ3v) is 6.43. The van der Waals surface area contributed by atoms with Crippen LogP contribution >= 0.6 is 0 Å². The number of oxime groups is 1. The molecule has 4 N–H and O–H groups in total. The van der Waals surface area contributed by atoms with Crippen LogP contribution in [-0.2, 0) is 17.9 Å². The maximum absolute atomic E-state index is 11.3. The monoisotopic (exact) mass is 544 g/mol. The lowest BCUT2D eigenvalue weighted by atomic mass is 9.98. The number of aryl methyl sites for hydroxylation is 1. The first-order chi connectivity index (χ1) is 19.4. The number of imidazole rings is 1. The highest BCUT2D eigenvalue weighted by Gasteiger charge is 2.21. The minimum absolute atomic E-state index is 0.0318. The molecule has 0 spiro atoms. The van der Waals surface area contributed by atoms with Crippen LogP contribution in [0.5, 0.6) is 6.01 Å². The van der Waals surface area contributed by atoms with E-state index in [-0.39, 0.29) is 24.0 Å². The number of hydrogen-bond donors (Lipinski definition) is 3. The van der Waals surface area contributed by atoms with Crippen molar-refractivity contribution >= 4 is 16.9 Å². The number of nitrogens with zero attached hydrogens (tertiary/aromatic N) is 3. The Morgan fingerprint density at radius 2 is 1.88 bits per heavy atom. The van der Waals surface area contributed by atoms with E-state index in [4.69, 9.17) is 29.2 Å². The lowest BCUT2D eigenvalue weighted by molar-refractivity contribution is -0.115. The van der Waals surface area contributed by atoms with Gasteiger partial charge in [-0.2, -0.15) is 4.98 Å². The second-order valence-electron chi connectivity index (χ2n) is 8.95. The number of rotatable bonds is 10. The zero-order chi connectivity index (χ0) is 28.2. The van der Waals surface area contributed by atoms with E-state index in [1.807, 2.05) is 60.0 Å². The Kier molecular flexibility index (Phi) is 7.67. The van der Waals surface area contributed by atoms with Crippen molar-refractivity contribution in [1.82, 2.24) is 9.55 Å². The van der Waals surface area contributed by atoms with Crippen LogP contribution in [0.3, 0.4) is 0 Å². The highest BCUT2D eigenvalue weighted by molar-refractivity contribution is 6.03. The molecule has 5 aromatic rings. The third-order valence-electron chi connectivity index (χ3n) is 6.43. The molecule has 0 saturated carbocycles. The smallest absolute Gasteiger partial charge is 0.465 e. The molecule has 2 aromatic heterocycles. The topological polar surface area (TPSA) is 158 Å². The van der Waals surface area contributed by atoms with E-state index in [9.17, 15) is 9.90 Å². The second kappa shape index (κ2) is 11.5. The van der Waals surface area contributed by atoms with Gasteiger partial charge in [0.15, 0.2) is 17.9 Å². The summed E-state index contributed by atoms with van der Waals surface area (Å²) in [5.74, 6) is -0.305. The highest BCUT2D eigenvalue weighted by atomic mass is 16.6. The average Bonchev–Trinajstić information content (AvgIpc) is 3.49. The molecule has 1 atom stereocenters. The summed E-state index contributed by atoms with van der Waals surface area (Å²) in [6, 6.07) is 21.0. The molecular weight excluding hydrogens is 516 g/mol. The first-order valence-electron chi connectivity index (χ1n) is 12.6. The van der Waals surface area contributed by atoms with E-state index >= 15 is 0 Å². The molecule has 0 amide bonds. The molecule has 0 aliphatic carbocycles. The fourth-order valence-electron chi connectivity index (χ4n) is 4.51. The fourth-order valence-corrected chi connectivity index (χ4v) is 4.51. The summed E-state index contributed by atoms with van der Waals surface area (Å²) >= 11 is 0. The second-order valence-corrected chi connectivity index (χ2v) is 8.95. The maximum Gasteiger partial charge on any atom is 0.519 e. The van der Waals surface area contributed by atoms with Gasteiger partial charge in [0.2, 0.25) is 0 Å². The summed E-state index contributed by atoms with van der Waals surface area (Å²) in [7, 11) is 0. The quantitative estimate of drug-likeness (QED) is 0.0766. The molecule has 0 fully saturated rings. The molecule has 3 aromatic carbocycles. The standard InChI is InChI=1S/C29H28N4O7/c1-3-37-28-31-23-10-6-9-22(27(34)38-16-24-17(2)39-29(35)40-24)25(23)33(28)15-18-11-13-19(14-12-18)20-7-4-5-8-21(20)26(30)32-36/h4-14,27,34,36H,3,15-16H2,1-2H3,(H2,30,32). The van der Waals surface area contributed by atoms with E-state index in [2.05, 4.69) is 10.1 Å². The van der Waals surface area contributed by atoms with Crippen LogP contribution in [0.1, 0.15) is 41.4 Å². The van der Waals surface area contributed by atoms with Crippen LogP contribution in [0.2, 0.25) is 0 Å². The van der Waals surface area contributed by atoms with Crippen molar-refractivity contribution in [2.24, 2.45) is 10.9 Å². The predicted octanol–water partition coefficient (Wildman–Crippen LogP) is 4.31. The minimum Gasteiger partial charge on any atom is -0.465 e. The summed E-state index contributed by atoms with van der Waals surface area (Å²) in [6.45, 7) is 4.10. The molecule has 0 aliphatic heterocycles. The van der Waals surface area contributed by atoms with Crippen LogP contribution in [0.15, 0.2) is 85.5 Å². The Balaban J connectivity index is 1.47. The van der Waals surface area contributed by atoms with Crippen molar-refractivity contribution in [2.45, 2.75) is 33.3 Å². The van der Waals surface area contributed by atoms with E-state index in [1.54, 1.807) is 25.1 Å². The highest BCUT2D eigenvalue weighted by Crippen LogP contribution is 2.31. The van der Waals surface area contributed by atoms with Gasteiger partial charge in [0.1, 0.15) is 12.4 Å². The van der Waals surface area contributed by atoms with Gasteiger partial charge in [0, 0.05) is 11.1 Å². The van der Waals surface area contributed by atoms with Gasteiger partial charge in [-0.15, -0.1) is 0 Å². The van der Waals surface area contributed by atoms with Gasteiger partial charge >= 0.3 is 5.82 Å². The summed E-state index contributed by atoms with van der Waals surface area (Å²) in [4.78, 5) is 16.0. The van der Waals surface area contributed by atoms with Crippen LogP contribution < -0.4 is 16.3 Å². The van der Waals surface area contributed by atoms with Gasteiger partial charge in [-0.3, -0.25) is 4.57 Å². The SMILES string of the molecule is CCOc1nc2cccc(C(O)OCc3oc(=O)oc3C)c2n1Cc1ccc(-c2ccccc2C(N)=NO)cc1. The summed E-state index contributed by atoms with van der Waals surface area (Å²) in [5.41, 5.74) is 10.9. The summed E-state index contributed by atoms with van der Waals surface area (Å²) in [5, 5.41) is 23.3. The van der Waals surface area contributed by atoms with Gasteiger partial charge in [-0.25, -0.2) is 4.79 Å². The molecule has 40 heavy (non-hydrogen) atoms. The molecule has 11 heteroatoms. The number of ether oxygens (including phenoxy) is 2. The number of aliphatic hydroxyl groups is 1. The van der Waals surface area contributed by atoms with Crippen LogP contribution in [0.4, 0.5) is 0 Å². The predicted molar refractivity (Wildman–Crippen MR) is 146 cm³/mol. The molecular formula is C29H28N4O7. The van der Waals surface area contributed by atoms with Crippen molar-refractivity contribution in [3.05, 3.63) is 106 Å². The lowest BCUT2D eigenvalue weighted by Crippen LogP contribution is -2.14. The normalized spacial score (nSPS) is 12.6. The Hall–Kier alpha value is -4.87. The molecule has 0 saturated heterocycles. The lowest BCUT2D eigenvalue weighted by Gasteiger charge is -2.16. The van der Waals surface area contributed by atoms with Gasteiger partial charge in [0.05, 0.1) is 24.2 Å². The number of aliphatic hydroxyl groups excluding tert-OH is 1. The first kappa shape index (κ1) is 26.7. The molecule has 0 bridgehead atoms. The Morgan fingerprint density at radius 1 is 1.10 bits per heavy atom. The number of para-hydroxylation sites is 1. The van der Waals surface area contributed by atoms with Gasteiger partial charge in [-0.1, -0.05) is 65.8 Å². The van der Waals surface area contributed by atoms with Crippen molar-refractivity contribution in [2.75, 3.05) is 6.61 Å². The molecule has 11 nitrogen and oxygen atoms in total. The molecule has 0 radical (unpaired) electrons. The number of hydrogen-bond acceptors (Lipinski definition) is 9. The van der Waals surface area contributed by atoms with Crippen molar-refractivity contribution in [3.8, 4) is 17.1 Å². The van der Waals surface area contributed by atoms with Crippen molar-refractivity contribution in [3.63, 3.8) is 0 Å². The van der Waals surface area contributed by atoms with Gasteiger partial charge < -0.3 is 34.4 Å². The molecule has 5 rings (SSSR count). The molecule has 1 unspecified atom stereocenters. The molecule has 0 aliphatic rings. The van der Waals surface area contributed by atoms with E-state index in [1.165, 1.54) is 0 Å². The number of fused-ring (bicyclic) bond motifs is 1. The summed E-state index contributed by atoms with van der Waals surface area (Å²) in [6.07, 6.45) is -1.34. The Morgan fingerprint density at radius 3 is 2.58 bits per heavy atom.